The lowest BCUT2D eigenvalue weighted by molar-refractivity contribution is -0.115. The number of carbonyl (C=O) groups is 1. The lowest BCUT2D eigenvalue weighted by Gasteiger charge is -2.13. The van der Waals surface area contributed by atoms with E-state index in [0.717, 1.165) is 34.2 Å². The predicted octanol–water partition coefficient (Wildman–Crippen LogP) is 5.39. The van der Waals surface area contributed by atoms with Gasteiger partial charge in [0.25, 0.3) is 0 Å². The molecule has 1 unspecified atom stereocenters. The Bertz CT molecular complexity index is 940. The zero-order valence-corrected chi connectivity index (χ0v) is 17.1. The summed E-state index contributed by atoms with van der Waals surface area (Å²) in [6, 6.07) is 15.7. The Morgan fingerprint density at radius 3 is 2.67 bits per heavy atom. The first-order valence-electron chi connectivity index (χ1n) is 8.76. The van der Waals surface area contributed by atoms with Crippen LogP contribution in [0.3, 0.4) is 0 Å². The summed E-state index contributed by atoms with van der Waals surface area (Å²) >= 11 is 7.54. The number of nitrogens with one attached hydrogen (secondary N) is 2. The number of rotatable bonds is 6. The molecule has 2 N–H and O–H groups in total. The van der Waals surface area contributed by atoms with E-state index in [1.807, 2.05) is 57.2 Å². The number of aromatic amines is 1. The van der Waals surface area contributed by atoms with Crippen molar-refractivity contribution in [3.63, 3.8) is 0 Å². The van der Waals surface area contributed by atoms with Crippen molar-refractivity contribution in [2.24, 2.45) is 0 Å². The number of hydrogen-bond acceptors (Lipinski definition) is 3. The molecule has 0 aliphatic carbocycles. The second-order valence-electron chi connectivity index (χ2n) is 6.44. The summed E-state index contributed by atoms with van der Waals surface area (Å²) in [5.74, 6) is -0.0796. The van der Waals surface area contributed by atoms with E-state index < -0.39 is 0 Å². The SMILES string of the molecule is Cc1[nH]c(SC(C)C(=O)Nc2cccc(Cl)c2C)nc1Cc1ccccc1. The van der Waals surface area contributed by atoms with E-state index in [1.165, 1.54) is 17.3 Å². The number of carbonyl (C=O) groups excluding carboxylic acids is 1. The Kier molecular flexibility index (Phi) is 6.24. The maximum absolute atomic E-state index is 12.5. The van der Waals surface area contributed by atoms with Gasteiger partial charge in [-0.3, -0.25) is 4.79 Å². The van der Waals surface area contributed by atoms with Crippen molar-refractivity contribution >= 4 is 35.0 Å². The molecule has 1 aromatic heterocycles. The number of anilines is 1. The largest absolute Gasteiger partial charge is 0.337 e. The lowest BCUT2D eigenvalue weighted by Crippen LogP contribution is -2.23. The smallest absolute Gasteiger partial charge is 0.237 e. The number of amides is 1. The van der Waals surface area contributed by atoms with Crippen LogP contribution in [-0.2, 0) is 11.2 Å². The quantitative estimate of drug-likeness (QED) is 0.546. The number of thioether (sulfide) groups is 1. The van der Waals surface area contributed by atoms with Crippen LogP contribution >= 0.6 is 23.4 Å². The van der Waals surface area contributed by atoms with Crippen LogP contribution < -0.4 is 5.32 Å². The van der Waals surface area contributed by atoms with E-state index in [9.17, 15) is 4.79 Å². The van der Waals surface area contributed by atoms with Crippen LogP contribution in [0.5, 0.6) is 0 Å². The van der Waals surface area contributed by atoms with Crippen LogP contribution in [0.2, 0.25) is 5.02 Å². The zero-order valence-electron chi connectivity index (χ0n) is 15.5. The summed E-state index contributed by atoms with van der Waals surface area (Å²) < 4.78 is 0. The molecule has 0 fully saturated rings. The molecule has 0 aliphatic heterocycles. The number of H-pyrrole nitrogens is 1. The van der Waals surface area contributed by atoms with Crippen LogP contribution in [0.25, 0.3) is 0 Å². The number of halogens is 1. The molecular weight excluding hydrogens is 378 g/mol. The van der Waals surface area contributed by atoms with Crippen molar-refractivity contribution in [1.82, 2.24) is 9.97 Å². The lowest BCUT2D eigenvalue weighted by atomic mass is 10.1. The summed E-state index contributed by atoms with van der Waals surface area (Å²) in [4.78, 5) is 20.5. The van der Waals surface area contributed by atoms with Gasteiger partial charge in [-0.1, -0.05) is 59.8 Å². The zero-order chi connectivity index (χ0) is 19.4. The molecule has 140 valence electrons. The molecule has 0 radical (unpaired) electrons. The molecule has 27 heavy (non-hydrogen) atoms. The van der Waals surface area contributed by atoms with E-state index in [0.29, 0.717) is 5.02 Å². The van der Waals surface area contributed by atoms with Crippen LogP contribution in [0.15, 0.2) is 53.7 Å². The van der Waals surface area contributed by atoms with Crippen molar-refractivity contribution in [1.29, 1.82) is 0 Å². The molecule has 3 aromatic rings. The molecule has 1 heterocycles. The van der Waals surface area contributed by atoms with Crippen molar-refractivity contribution in [2.75, 3.05) is 5.32 Å². The number of nitrogens with zero attached hydrogens (tertiary/aromatic N) is 1. The number of hydrogen-bond donors (Lipinski definition) is 2. The van der Waals surface area contributed by atoms with Crippen molar-refractivity contribution < 1.29 is 4.79 Å². The standard InChI is InChI=1S/C21H22ClN3OS/c1-13-17(22)10-7-11-18(13)24-20(26)15(3)27-21-23-14(2)19(25-21)12-16-8-5-4-6-9-16/h4-11,15H,12H2,1-3H3,(H,23,25)(H,24,26). The highest BCUT2D eigenvalue weighted by atomic mass is 35.5. The number of imidazole rings is 1. The Labute approximate surface area is 168 Å². The van der Waals surface area contributed by atoms with E-state index in [4.69, 9.17) is 11.6 Å². The van der Waals surface area contributed by atoms with Gasteiger partial charge in [0.1, 0.15) is 0 Å². The van der Waals surface area contributed by atoms with Gasteiger partial charge in [-0.2, -0.15) is 0 Å². The van der Waals surface area contributed by atoms with E-state index in [2.05, 4.69) is 27.4 Å². The molecule has 0 saturated heterocycles. The number of aryl methyl sites for hydroxylation is 1. The van der Waals surface area contributed by atoms with Gasteiger partial charge in [-0.25, -0.2) is 4.98 Å². The van der Waals surface area contributed by atoms with Gasteiger partial charge in [0.2, 0.25) is 5.91 Å². The first kappa shape index (κ1) is 19.5. The molecule has 1 amide bonds. The second kappa shape index (κ2) is 8.63. The van der Waals surface area contributed by atoms with Gasteiger partial charge in [0.05, 0.1) is 10.9 Å². The Morgan fingerprint density at radius 1 is 1.19 bits per heavy atom. The van der Waals surface area contributed by atoms with Gasteiger partial charge >= 0.3 is 0 Å². The monoisotopic (exact) mass is 399 g/mol. The molecule has 0 bridgehead atoms. The van der Waals surface area contributed by atoms with E-state index in [1.54, 1.807) is 0 Å². The van der Waals surface area contributed by atoms with Gasteiger partial charge in [0, 0.05) is 22.8 Å². The Hall–Kier alpha value is -2.24. The van der Waals surface area contributed by atoms with Crippen molar-refractivity contribution in [3.8, 4) is 0 Å². The van der Waals surface area contributed by atoms with Crippen LogP contribution in [0.4, 0.5) is 5.69 Å². The van der Waals surface area contributed by atoms with Crippen molar-refractivity contribution in [3.05, 3.63) is 76.1 Å². The molecule has 3 rings (SSSR count). The number of benzene rings is 2. The van der Waals surface area contributed by atoms with Gasteiger partial charge in [-0.15, -0.1) is 0 Å². The highest BCUT2D eigenvalue weighted by Crippen LogP contribution is 2.26. The predicted molar refractivity (Wildman–Crippen MR) is 113 cm³/mol. The highest BCUT2D eigenvalue weighted by Gasteiger charge is 2.18. The van der Waals surface area contributed by atoms with E-state index in [-0.39, 0.29) is 11.2 Å². The van der Waals surface area contributed by atoms with Crippen LogP contribution in [0.1, 0.15) is 29.4 Å². The maximum Gasteiger partial charge on any atom is 0.237 e. The van der Waals surface area contributed by atoms with Crippen LogP contribution in [0, 0.1) is 13.8 Å². The summed E-state index contributed by atoms with van der Waals surface area (Å²) in [5, 5.41) is 4.05. The highest BCUT2D eigenvalue weighted by molar-refractivity contribution is 8.00. The summed E-state index contributed by atoms with van der Waals surface area (Å²) in [5.41, 5.74) is 4.84. The fourth-order valence-corrected chi connectivity index (χ4v) is 3.73. The fourth-order valence-electron chi connectivity index (χ4n) is 2.68. The van der Waals surface area contributed by atoms with E-state index >= 15 is 0 Å². The van der Waals surface area contributed by atoms with Gasteiger partial charge in [0.15, 0.2) is 5.16 Å². The van der Waals surface area contributed by atoms with Gasteiger partial charge in [-0.05, 0) is 44.0 Å². The molecule has 0 spiro atoms. The van der Waals surface area contributed by atoms with Crippen LogP contribution in [-0.4, -0.2) is 21.1 Å². The minimum Gasteiger partial charge on any atom is -0.337 e. The molecule has 0 aliphatic rings. The summed E-state index contributed by atoms with van der Waals surface area (Å²) in [6.07, 6.45) is 0.770. The molecular formula is C21H22ClN3OS. The third-order valence-electron chi connectivity index (χ3n) is 4.36. The number of aromatic nitrogens is 2. The first-order chi connectivity index (χ1) is 12.9. The minimum absolute atomic E-state index is 0.0796. The second-order valence-corrected chi connectivity index (χ2v) is 8.17. The Morgan fingerprint density at radius 2 is 1.93 bits per heavy atom. The molecule has 2 aromatic carbocycles. The molecule has 6 heteroatoms. The molecule has 4 nitrogen and oxygen atoms in total. The van der Waals surface area contributed by atoms with Gasteiger partial charge < -0.3 is 10.3 Å². The minimum atomic E-state index is -0.293. The summed E-state index contributed by atoms with van der Waals surface area (Å²) in [7, 11) is 0. The maximum atomic E-state index is 12.5. The average Bonchev–Trinajstić information content (AvgIpc) is 2.98. The summed E-state index contributed by atoms with van der Waals surface area (Å²) in [6.45, 7) is 5.77. The molecule has 0 saturated carbocycles. The Balaban J connectivity index is 1.65. The average molecular weight is 400 g/mol. The van der Waals surface area contributed by atoms with Crippen molar-refractivity contribution in [2.45, 2.75) is 37.6 Å². The fraction of sp³-hybridized carbons (Fsp3) is 0.238. The third-order valence-corrected chi connectivity index (χ3v) is 5.76. The molecule has 1 atom stereocenters. The first-order valence-corrected chi connectivity index (χ1v) is 10.0. The topological polar surface area (TPSA) is 57.8 Å². The normalized spacial score (nSPS) is 12.0. The third kappa shape index (κ3) is 4.93.